The number of aryl methyl sites for hydroxylation is 1. The van der Waals surface area contributed by atoms with E-state index in [1.165, 1.54) is 39.6 Å². The zero-order valence-electron chi connectivity index (χ0n) is 20.4. The number of amides is 2. The highest BCUT2D eigenvalue weighted by molar-refractivity contribution is 7.80. The van der Waals surface area contributed by atoms with E-state index in [1.54, 1.807) is 47.4 Å². The van der Waals surface area contributed by atoms with E-state index in [9.17, 15) is 18.8 Å². The molecule has 0 bridgehead atoms. The molecular weight excluding hydrogens is 513 g/mol. The summed E-state index contributed by atoms with van der Waals surface area (Å²) in [6.07, 6.45) is 0.541. The molecule has 2 aromatic carbocycles. The summed E-state index contributed by atoms with van der Waals surface area (Å²) in [6, 6.07) is 13.1. The second-order valence-electron chi connectivity index (χ2n) is 8.47. The Morgan fingerprint density at radius 3 is 2.43 bits per heavy atom. The van der Waals surface area contributed by atoms with Crippen molar-refractivity contribution in [3.63, 3.8) is 0 Å². The Balaban J connectivity index is 1.56. The van der Waals surface area contributed by atoms with Crippen LogP contribution in [0.5, 0.6) is 0 Å². The second-order valence-corrected chi connectivity index (χ2v) is 9.83. The highest BCUT2D eigenvalue weighted by atomic mass is 32.1. The van der Waals surface area contributed by atoms with E-state index in [-0.39, 0.29) is 24.8 Å². The number of rotatable bonds is 9. The first kappa shape index (κ1) is 26.4. The molecule has 1 aliphatic heterocycles. The summed E-state index contributed by atoms with van der Waals surface area (Å²) in [5.41, 5.74) is 2.47. The molecule has 10 heteroatoms. The number of benzene rings is 2. The lowest BCUT2D eigenvalue weighted by Gasteiger charge is -2.24. The highest BCUT2D eigenvalue weighted by Crippen LogP contribution is 2.29. The van der Waals surface area contributed by atoms with Gasteiger partial charge in [-0.15, -0.1) is 11.3 Å². The van der Waals surface area contributed by atoms with Crippen molar-refractivity contribution in [1.82, 2.24) is 4.90 Å². The third-order valence-electron chi connectivity index (χ3n) is 6.01. The Hall–Kier alpha value is -3.63. The first-order chi connectivity index (χ1) is 17.8. The van der Waals surface area contributed by atoms with Crippen LogP contribution in [0.15, 0.2) is 60.0 Å². The molecule has 1 unspecified atom stereocenters. The van der Waals surface area contributed by atoms with E-state index in [4.69, 9.17) is 17.0 Å². The van der Waals surface area contributed by atoms with Crippen molar-refractivity contribution in [3.8, 4) is 0 Å². The van der Waals surface area contributed by atoms with E-state index in [0.717, 1.165) is 0 Å². The van der Waals surface area contributed by atoms with Crippen LogP contribution in [0, 0.1) is 12.7 Å². The van der Waals surface area contributed by atoms with Crippen LogP contribution in [0.3, 0.4) is 0 Å². The molecule has 0 saturated carbocycles. The quantitative estimate of drug-likeness (QED) is 0.306. The van der Waals surface area contributed by atoms with E-state index in [0.29, 0.717) is 35.0 Å². The topological polar surface area (TPSA) is 78.9 Å². The van der Waals surface area contributed by atoms with E-state index in [2.05, 4.69) is 5.32 Å². The summed E-state index contributed by atoms with van der Waals surface area (Å²) in [5, 5.41) is 5.03. The molecule has 0 radical (unpaired) electrons. The molecule has 0 aliphatic carbocycles. The number of carbonyl (C=O) groups is 3. The highest BCUT2D eigenvalue weighted by Gasteiger charge is 2.44. The summed E-state index contributed by atoms with van der Waals surface area (Å²) in [6.45, 7) is 4.48. The maximum atomic E-state index is 13.6. The summed E-state index contributed by atoms with van der Waals surface area (Å²) in [5.74, 6) is -1.57. The zero-order valence-corrected chi connectivity index (χ0v) is 22.0. The molecule has 2 amide bonds. The van der Waals surface area contributed by atoms with Gasteiger partial charge in [-0.1, -0.05) is 0 Å². The van der Waals surface area contributed by atoms with Crippen LogP contribution in [0.25, 0.3) is 0 Å². The molecule has 1 aliphatic rings. The summed E-state index contributed by atoms with van der Waals surface area (Å²) < 4.78 is 18.3. The minimum absolute atomic E-state index is 0.128. The second kappa shape index (κ2) is 11.6. The zero-order chi connectivity index (χ0) is 26.5. The van der Waals surface area contributed by atoms with Crippen LogP contribution in [-0.2, 0) is 20.7 Å². The molecule has 0 spiro atoms. The fourth-order valence-corrected chi connectivity index (χ4v) is 5.40. The van der Waals surface area contributed by atoms with E-state index in [1.807, 2.05) is 18.4 Å². The third-order valence-corrected chi connectivity index (χ3v) is 7.51. The Morgan fingerprint density at radius 1 is 1.11 bits per heavy atom. The predicted molar refractivity (Wildman–Crippen MR) is 145 cm³/mol. The maximum absolute atomic E-state index is 13.6. The fraction of sp³-hybridized carbons (Fsp3) is 0.259. The van der Waals surface area contributed by atoms with Crippen LogP contribution in [-0.4, -0.2) is 47.0 Å². The number of esters is 1. The number of carbonyl (C=O) groups excluding carboxylic acids is 3. The van der Waals surface area contributed by atoms with Gasteiger partial charge in [0.05, 0.1) is 24.3 Å². The first-order valence-corrected chi connectivity index (χ1v) is 13.1. The summed E-state index contributed by atoms with van der Waals surface area (Å²) in [4.78, 5) is 42.8. The Kier molecular flexibility index (Phi) is 8.30. The van der Waals surface area contributed by atoms with Crippen molar-refractivity contribution < 1.29 is 23.5 Å². The molecule has 7 nitrogen and oxygen atoms in total. The van der Waals surface area contributed by atoms with Gasteiger partial charge >= 0.3 is 5.97 Å². The molecule has 1 fully saturated rings. The van der Waals surface area contributed by atoms with Crippen molar-refractivity contribution in [1.29, 1.82) is 0 Å². The van der Waals surface area contributed by atoms with Gasteiger partial charge < -0.3 is 15.0 Å². The van der Waals surface area contributed by atoms with Crippen LogP contribution >= 0.6 is 23.6 Å². The smallest absolute Gasteiger partial charge is 0.338 e. The number of thiocarbonyl (C=S) groups is 1. The number of nitrogens with one attached hydrogen (secondary N) is 1. The van der Waals surface area contributed by atoms with Gasteiger partial charge in [0.15, 0.2) is 5.11 Å². The lowest BCUT2D eigenvalue weighted by atomic mass is 10.1. The van der Waals surface area contributed by atoms with Gasteiger partial charge in [-0.2, -0.15) is 0 Å². The van der Waals surface area contributed by atoms with Crippen molar-refractivity contribution in [3.05, 3.63) is 81.8 Å². The molecule has 3 aromatic rings. The molecule has 2 heterocycles. The largest absolute Gasteiger partial charge is 0.462 e. The third kappa shape index (κ3) is 6.03. The molecule has 1 N–H and O–H groups in total. The average Bonchev–Trinajstić information content (AvgIpc) is 3.39. The van der Waals surface area contributed by atoms with Crippen LogP contribution in [0.4, 0.5) is 15.8 Å². The predicted octanol–water partition coefficient (Wildman–Crippen LogP) is 4.95. The molecular formula is C27H26FN3O4S2. The average molecular weight is 540 g/mol. The number of anilines is 2. The number of halogens is 1. The van der Waals surface area contributed by atoms with Gasteiger partial charge in [0.25, 0.3) is 5.91 Å². The molecule has 1 atom stereocenters. The fourth-order valence-electron chi connectivity index (χ4n) is 4.09. The Bertz CT molecular complexity index is 1310. The lowest BCUT2D eigenvalue weighted by molar-refractivity contribution is -0.124. The minimum atomic E-state index is -0.807. The Morgan fingerprint density at radius 2 is 1.81 bits per heavy atom. The molecule has 1 aromatic heterocycles. The normalized spacial score (nSPS) is 15.3. The first-order valence-electron chi connectivity index (χ1n) is 11.8. The van der Waals surface area contributed by atoms with E-state index >= 15 is 0 Å². The van der Waals surface area contributed by atoms with Gasteiger partial charge in [0.1, 0.15) is 11.9 Å². The Labute approximate surface area is 223 Å². The van der Waals surface area contributed by atoms with Gasteiger partial charge in [0, 0.05) is 17.1 Å². The number of nitrogens with zero attached hydrogens (tertiary/aromatic N) is 2. The molecule has 4 rings (SSSR count). The van der Waals surface area contributed by atoms with Crippen molar-refractivity contribution >= 4 is 57.8 Å². The van der Waals surface area contributed by atoms with Crippen LogP contribution in [0.1, 0.15) is 34.1 Å². The SMILES string of the molecule is CCOC(=O)c1ccc(N2C(=O)C(CC(=O)Nc3ccc(F)cc3)N(CCc3sccc3C)C2=S)cc1. The van der Waals surface area contributed by atoms with Gasteiger partial charge in [-0.3, -0.25) is 14.5 Å². The van der Waals surface area contributed by atoms with Crippen molar-refractivity contribution in [2.45, 2.75) is 32.7 Å². The van der Waals surface area contributed by atoms with Crippen molar-refractivity contribution in [2.75, 3.05) is 23.4 Å². The van der Waals surface area contributed by atoms with Gasteiger partial charge in [0.2, 0.25) is 5.91 Å². The lowest BCUT2D eigenvalue weighted by Crippen LogP contribution is -2.39. The summed E-state index contributed by atoms with van der Waals surface area (Å²) >= 11 is 7.35. The maximum Gasteiger partial charge on any atom is 0.338 e. The minimum Gasteiger partial charge on any atom is -0.462 e. The standard InChI is InChI=1S/C27H26FN3O4S2/c1-3-35-26(34)18-4-10-21(11-5-18)31-25(33)22(16-24(32)29-20-8-6-19(28)7-9-20)30(27(31)36)14-12-23-17(2)13-15-37-23/h4-11,13,15,22H,3,12,14,16H2,1-2H3,(H,29,32). The number of hydrogen-bond acceptors (Lipinski definition) is 6. The summed E-state index contributed by atoms with van der Waals surface area (Å²) in [7, 11) is 0. The van der Waals surface area contributed by atoms with Crippen LogP contribution in [0.2, 0.25) is 0 Å². The van der Waals surface area contributed by atoms with Crippen LogP contribution < -0.4 is 10.2 Å². The van der Waals surface area contributed by atoms with Gasteiger partial charge in [-0.05, 0) is 98.0 Å². The van der Waals surface area contributed by atoms with Gasteiger partial charge in [-0.25, -0.2) is 9.18 Å². The van der Waals surface area contributed by atoms with E-state index < -0.39 is 17.8 Å². The molecule has 37 heavy (non-hydrogen) atoms. The number of hydrogen-bond donors (Lipinski definition) is 1. The monoisotopic (exact) mass is 539 g/mol. The number of thiophene rings is 1. The molecule has 192 valence electrons. The number of ether oxygens (including phenoxy) is 1. The van der Waals surface area contributed by atoms with Crippen molar-refractivity contribution in [2.24, 2.45) is 0 Å². The molecule has 1 saturated heterocycles.